The summed E-state index contributed by atoms with van der Waals surface area (Å²) in [4.78, 5) is 0. The first-order valence-electron chi connectivity index (χ1n) is 6.81. The van der Waals surface area contributed by atoms with E-state index in [0.717, 1.165) is 45.1 Å². The van der Waals surface area contributed by atoms with Gasteiger partial charge in [-0.3, -0.25) is 0 Å². The van der Waals surface area contributed by atoms with Crippen LogP contribution in [0.5, 0.6) is 0 Å². The number of hydrogen-bond acceptors (Lipinski definition) is 2. The van der Waals surface area contributed by atoms with E-state index in [4.69, 9.17) is 16.0 Å². The summed E-state index contributed by atoms with van der Waals surface area (Å²) in [6.45, 7) is 3.21. The van der Waals surface area contributed by atoms with Crippen molar-refractivity contribution < 1.29 is 4.42 Å². The molecule has 1 N–H and O–H groups in total. The zero-order valence-electron chi connectivity index (χ0n) is 10.9. The van der Waals surface area contributed by atoms with Gasteiger partial charge >= 0.3 is 0 Å². The zero-order valence-corrected chi connectivity index (χ0v) is 13.2. The maximum Gasteiger partial charge on any atom is 0.148 e. The second-order valence-corrected chi connectivity index (χ2v) is 6.51. The monoisotopic (exact) mass is 341 g/mol. The predicted octanol–water partition coefficient (Wildman–Crippen LogP) is 5.30. The molecule has 1 unspecified atom stereocenters. The van der Waals surface area contributed by atoms with Crippen molar-refractivity contribution in [3.05, 3.63) is 33.5 Å². The van der Waals surface area contributed by atoms with E-state index < -0.39 is 0 Å². The highest BCUT2D eigenvalue weighted by Crippen LogP contribution is 2.43. The van der Waals surface area contributed by atoms with Gasteiger partial charge in [-0.2, -0.15) is 0 Å². The first-order chi connectivity index (χ1) is 9.19. The third-order valence-electron chi connectivity index (χ3n) is 3.57. The summed E-state index contributed by atoms with van der Waals surface area (Å²) in [7, 11) is 0. The second kappa shape index (κ2) is 5.47. The molecule has 1 aromatic heterocycles. The number of hydrogen-bond donors (Lipinski definition) is 1. The standard InChI is InChI=1S/C15H17BrClNO/c1-2-5-18-14(9-3-4-9)13-7-10-6-11(17)8-12(16)15(10)19-13/h6-9,14,18H,2-5H2,1H3. The van der Waals surface area contributed by atoms with E-state index in [1.807, 2.05) is 12.1 Å². The van der Waals surface area contributed by atoms with Crippen molar-refractivity contribution in [2.24, 2.45) is 5.92 Å². The van der Waals surface area contributed by atoms with Crippen molar-refractivity contribution in [2.45, 2.75) is 32.2 Å². The van der Waals surface area contributed by atoms with Crippen molar-refractivity contribution in [1.29, 1.82) is 0 Å². The molecule has 1 aromatic carbocycles. The van der Waals surface area contributed by atoms with E-state index in [1.165, 1.54) is 12.8 Å². The number of fused-ring (bicyclic) bond motifs is 1. The van der Waals surface area contributed by atoms with Crippen LogP contribution in [0.15, 0.2) is 27.1 Å². The first-order valence-corrected chi connectivity index (χ1v) is 7.98. The smallest absolute Gasteiger partial charge is 0.148 e. The lowest BCUT2D eigenvalue weighted by atomic mass is 10.1. The van der Waals surface area contributed by atoms with Gasteiger partial charge in [0, 0.05) is 10.4 Å². The summed E-state index contributed by atoms with van der Waals surface area (Å²) >= 11 is 9.60. The Labute approximate surface area is 126 Å². The van der Waals surface area contributed by atoms with Crippen LogP contribution in [0.3, 0.4) is 0 Å². The highest BCUT2D eigenvalue weighted by Gasteiger charge is 2.34. The van der Waals surface area contributed by atoms with Crippen molar-refractivity contribution in [2.75, 3.05) is 6.54 Å². The molecule has 0 bridgehead atoms. The molecule has 2 nitrogen and oxygen atoms in total. The van der Waals surface area contributed by atoms with Crippen LogP contribution in [0, 0.1) is 5.92 Å². The Morgan fingerprint density at radius 2 is 2.21 bits per heavy atom. The Morgan fingerprint density at radius 1 is 1.42 bits per heavy atom. The third kappa shape index (κ3) is 2.83. The summed E-state index contributed by atoms with van der Waals surface area (Å²) in [6, 6.07) is 6.30. The minimum absolute atomic E-state index is 0.345. The Bertz CT molecular complexity index is 591. The van der Waals surface area contributed by atoms with Crippen LogP contribution in [-0.4, -0.2) is 6.54 Å². The van der Waals surface area contributed by atoms with Crippen LogP contribution < -0.4 is 5.32 Å². The van der Waals surface area contributed by atoms with Gasteiger partial charge < -0.3 is 9.73 Å². The zero-order chi connectivity index (χ0) is 13.4. The minimum Gasteiger partial charge on any atom is -0.458 e. The van der Waals surface area contributed by atoms with E-state index >= 15 is 0 Å². The molecule has 102 valence electrons. The predicted molar refractivity (Wildman–Crippen MR) is 82.7 cm³/mol. The van der Waals surface area contributed by atoms with Gasteiger partial charge in [0.05, 0.1) is 10.5 Å². The Balaban J connectivity index is 1.96. The third-order valence-corrected chi connectivity index (χ3v) is 4.38. The highest BCUT2D eigenvalue weighted by atomic mass is 79.9. The largest absolute Gasteiger partial charge is 0.458 e. The molecule has 1 saturated carbocycles. The van der Waals surface area contributed by atoms with Crippen LogP contribution >= 0.6 is 27.5 Å². The van der Waals surface area contributed by atoms with Gasteiger partial charge in [0.1, 0.15) is 11.3 Å². The van der Waals surface area contributed by atoms with Gasteiger partial charge in [-0.1, -0.05) is 18.5 Å². The van der Waals surface area contributed by atoms with Gasteiger partial charge in [-0.25, -0.2) is 0 Å². The van der Waals surface area contributed by atoms with Crippen molar-refractivity contribution in [3.63, 3.8) is 0 Å². The molecule has 4 heteroatoms. The molecule has 1 aliphatic carbocycles. The lowest BCUT2D eigenvalue weighted by molar-refractivity contribution is 0.396. The van der Waals surface area contributed by atoms with E-state index in [0.29, 0.717) is 6.04 Å². The molecule has 2 aromatic rings. The van der Waals surface area contributed by atoms with Gasteiger partial charge in [0.2, 0.25) is 0 Å². The molecule has 0 saturated heterocycles. The van der Waals surface area contributed by atoms with Crippen LogP contribution in [0.4, 0.5) is 0 Å². The van der Waals surface area contributed by atoms with Crippen LogP contribution in [0.2, 0.25) is 5.02 Å². The Morgan fingerprint density at radius 3 is 2.89 bits per heavy atom. The Hall–Kier alpha value is -0.510. The summed E-state index contributed by atoms with van der Waals surface area (Å²) < 4.78 is 6.97. The highest BCUT2D eigenvalue weighted by molar-refractivity contribution is 9.10. The van der Waals surface area contributed by atoms with Crippen molar-refractivity contribution in [1.82, 2.24) is 5.32 Å². The first kappa shape index (κ1) is 13.5. The molecule has 1 atom stereocenters. The average molecular weight is 343 g/mol. The quantitative estimate of drug-likeness (QED) is 0.797. The molecule has 0 amide bonds. The number of halogens is 2. The molecule has 0 aliphatic heterocycles. The van der Waals surface area contributed by atoms with Crippen molar-refractivity contribution in [3.8, 4) is 0 Å². The fourth-order valence-corrected chi connectivity index (χ4v) is 3.39. The number of rotatable bonds is 5. The SMILES string of the molecule is CCCNC(c1cc2cc(Cl)cc(Br)c2o1)C1CC1. The molecule has 0 spiro atoms. The summed E-state index contributed by atoms with van der Waals surface area (Å²) in [5, 5.41) is 5.40. The molecular weight excluding hydrogens is 326 g/mol. The molecule has 19 heavy (non-hydrogen) atoms. The number of nitrogens with one attached hydrogen (secondary N) is 1. The van der Waals surface area contributed by atoms with Gasteiger partial charge in [-0.05, 0) is 65.9 Å². The summed E-state index contributed by atoms with van der Waals surface area (Å²) in [5.74, 6) is 1.76. The van der Waals surface area contributed by atoms with E-state index in [2.05, 4.69) is 34.2 Å². The van der Waals surface area contributed by atoms with E-state index in [9.17, 15) is 0 Å². The maximum absolute atomic E-state index is 6.08. The molecule has 1 aliphatic rings. The van der Waals surface area contributed by atoms with Gasteiger partial charge in [-0.15, -0.1) is 0 Å². The molecule has 1 heterocycles. The fraction of sp³-hybridized carbons (Fsp3) is 0.467. The minimum atomic E-state index is 0.345. The molecular formula is C15H17BrClNO. The lowest BCUT2D eigenvalue weighted by Crippen LogP contribution is -2.23. The molecule has 3 rings (SSSR count). The fourth-order valence-electron chi connectivity index (χ4n) is 2.48. The average Bonchev–Trinajstić information content (AvgIpc) is 3.10. The topological polar surface area (TPSA) is 25.2 Å². The second-order valence-electron chi connectivity index (χ2n) is 5.22. The van der Waals surface area contributed by atoms with Gasteiger partial charge in [0.25, 0.3) is 0 Å². The number of benzene rings is 1. The Kier molecular flexibility index (Phi) is 3.88. The molecule has 0 radical (unpaired) electrons. The number of furan rings is 1. The maximum atomic E-state index is 6.08. The van der Waals surface area contributed by atoms with Crippen LogP contribution in [0.1, 0.15) is 38.0 Å². The van der Waals surface area contributed by atoms with E-state index in [1.54, 1.807) is 0 Å². The summed E-state index contributed by atoms with van der Waals surface area (Å²) in [6.07, 6.45) is 3.72. The molecule has 1 fully saturated rings. The van der Waals surface area contributed by atoms with Crippen molar-refractivity contribution >= 4 is 38.5 Å². The van der Waals surface area contributed by atoms with E-state index in [-0.39, 0.29) is 0 Å². The van der Waals surface area contributed by atoms with Crippen LogP contribution in [0.25, 0.3) is 11.0 Å². The normalized spacial score (nSPS) is 17.0. The lowest BCUT2D eigenvalue weighted by Gasteiger charge is -2.14. The van der Waals surface area contributed by atoms with Gasteiger partial charge in [0.15, 0.2) is 0 Å². The van der Waals surface area contributed by atoms with Crippen LogP contribution in [-0.2, 0) is 0 Å². The summed E-state index contributed by atoms with van der Waals surface area (Å²) in [5.41, 5.74) is 0.892.